The number of amides is 1. The number of piperazine rings is 1. The molecule has 0 spiro atoms. The zero-order valence-corrected chi connectivity index (χ0v) is 17.2. The summed E-state index contributed by atoms with van der Waals surface area (Å²) in [6, 6.07) is 16.1. The minimum Gasteiger partial charge on any atom is -0.495 e. The molecule has 1 heterocycles. The average molecular weight is 382 g/mol. The first-order valence-corrected chi connectivity index (χ1v) is 10.1. The molecule has 5 nitrogen and oxygen atoms in total. The fraction of sp³-hybridized carbons (Fsp3) is 0.435. The third kappa shape index (κ3) is 4.65. The van der Waals surface area contributed by atoms with E-state index in [1.54, 1.807) is 7.11 Å². The molecule has 0 N–H and O–H groups in total. The maximum absolute atomic E-state index is 12.9. The lowest BCUT2D eigenvalue weighted by Gasteiger charge is -2.36. The van der Waals surface area contributed by atoms with Crippen LogP contribution in [0.25, 0.3) is 0 Å². The van der Waals surface area contributed by atoms with Crippen molar-refractivity contribution in [1.29, 1.82) is 0 Å². The summed E-state index contributed by atoms with van der Waals surface area (Å²) in [4.78, 5) is 19.5. The third-order valence-corrected chi connectivity index (χ3v) is 5.49. The number of hydrogen-bond acceptors (Lipinski definition) is 4. The number of benzene rings is 2. The van der Waals surface area contributed by atoms with Crippen molar-refractivity contribution in [3.8, 4) is 5.75 Å². The van der Waals surface area contributed by atoms with Gasteiger partial charge in [-0.1, -0.05) is 38.1 Å². The molecule has 1 amide bonds. The summed E-state index contributed by atoms with van der Waals surface area (Å²) in [6.07, 6.45) is 0. The van der Waals surface area contributed by atoms with Crippen molar-refractivity contribution in [2.45, 2.75) is 20.4 Å². The van der Waals surface area contributed by atoms with Crippen LogP contribution in [-0.2, 0) is 6.54 Å². The number of ether oxygens (including phenoxy) is 1. The minimum absolute atomic E-state index is 0.120. The van der Waals surface area contributed by atoms with E-state index >= 15 is 0 Å². The molecule has 0 radical (unpaired) electrons. The Kier molecular flexibility index (Phi) is 6.93. The van der Waals surface area contributed by atoms with Gasteiger partial charge in [-0.05, 0) is 42.9 Å². The van der Waals surface area contributed by atoms with Crippen LogP contribution in [0.2, 0.25) is 0 Å². The van der Waals surface area contributed by atoms with Gasteiger partial charge in [0.15, 0.2) is 0 Å². The summed E-state index contributed by atoms with van der Waals surface area (Å²) in [5.74, 6) is 1.00. The lowest BCUT2D eigenvalue weighted by molar-refractivity contribution is 0.0746. The maximum atomic E-state index is 12.9. The van der Waals surface area contributed by atoms with Crippen LogP contribution in [0.4, 0.5) is 5.69 Å². The Balaban J connectivity index is 1.59. The molecule has 0 aliphatic carbocycles. The Labute approximate surface area is 168 Å². The zero-order valence-electron chi connectivity index (χ0n) is 17.2. The van der Waals surface area contributed by atoms with Gasteiger partial charge < -0.3 is 14.5 Å². The van der Waals surface area contributed by atoms with Gasteiger partial charge in [0.1, 0.15) is 5.75 Å². The number of methoxy groups -OCH3 is 1. The van der Waals surface area contributed by atoms with Gasteiger partial charge in [-0.25, -0.2) is 0 Å². The molecule has 28 heavy (non-hydrogen) atoms. The third-order valence-electron chi connectivity index (χ3n) is 5.49. The second kappa shape index (κ2) is 9.60. The smallest absolute Gasteiger partial charge is 0.253 e. The molecule has 1 aliphatic heterocycles. The van der Waals surface area contributed by atoms with E-state index in [0.29, 0.717) is 0 Å². The molecule has 150 valence electrons. The highest BCUT2D eigenvalue weighted by Gasteiger charge is 2.23. The maximum Gasteiger partial charge on any atom is 0.253 e. The largest absolute Gasteiger partial charge is 0.495 e. The number of rotatable bonds is 7. The van der Waals surface area contributed by atoms with Gasteiger partial charge in [0, 0.05) is 38.3 Å². The van der Waals surface area contributed by atoms with Gasteiger partial charge in [-0.2, -0.15) is 0 Å². The summed E-state index contributed by atoms with van der Waals surface area (Å²) < 4.78 is 5.47. The summed E-state index contributed by atoms with van der Waals surface area (Å²) in [5, 5.41) is 0. The minimum atomic E-state index is 0.120. The monoisotopic (exact) mass is 381 g/mol. The van der Waals surface area contributed by atoms with E-state index in [-0.39, 0.29) is 5.91 Å². The highest BCUT2D eigenvalue weighted by Crippen LogP contribution is 2.28. The molecular formula is C23H31N3O2. The van der Waals surface area contributed by atoms with Gasteiger partial charge in [-0.15, -0.1) is 0 Å². The van der Waals surface area contributed by atoms with Crippen LogP contribution < -0.4 is 9.64 Å². The van der Waals surface area contributed by atoms with E-state index in [9.17, 15) is 4.79 Å². The molecule has 2 aromatic rings. The Bertz CT molecular complexity index is 764. The molecule has 0 atom stereocenters. The first-order chi connectivity index (χ1) is 13.7. The van der Waals surface area contributed by atoms with Crippen LogP contribution in [0.15, 0.2) is 48.5 Å². The second-order valence-corrected chi connectivity index (χ2v) is 7.11. The molecule has 2 aromatic carbocycles. The molecule has 0 bridgehead atoms. The molecular weight excluding hydrogens is 350 g/mol. The summed E-state index contributed by atoms with van der Waals surface area (Å²) >= 11 is 0. The first kappa shape index (κ1) is 20.2. The quantitative estimate of drug-likeness (QED) is 0.735. The topological polar surface area (TPSA) is 36.0 Å². The fourth-order valence-corrected chi connectivity index (χ4v) is 3.68. The number of para-hydroxylation sites is 2. The standard InChI is InChI=1S/C23H31N3O2/c1-4-24(5-2)18-19-10-12-20(13-11-19)23(27)26-16-14-25(15-17-26)21-8-6-7-9-22(21)28-3/h6-13H,4-5,14-18H2,1-3H3. The van der Waals surface area contributed by atoms with E-state index in [2.05, 4.69) is 41.8 Å². The average Bonchev–Trinajstić information content (AvgIpc) is 2.77. The Morgan fingerprint density at radius 2 is 1.61 bits per heavy atom. The molecule has 0 saturated carbocycles. The molecule has 0 aromatic heterocycles. The van der Waals surface area contributed by atoms with Gasteiger partial charge in [0.05, 0.1) is 12.8 Å². The van der Waals surface area contributed by atoms with E-state index in [4.69, 9.17) is 4.74 Å². The van der Waals surface area contributed by atoms with E-state index < -0.39 is 0 Å². The van der Waals surface area contributed by atoms with Gasteiger partial charge in [0.2, 0.25) is 0 Å². The summed E-state index contributed by atoms with van der Waals surface area (Å²) in [7, 11) is 1.70. The first-order valence-electron chi connectivity index (χ1n) is 10.1. The normalized spacial score (nSPS) is 14.4. The molecule has 3 rings (SSSR count). The number of anilines is 1. The van der Waals surface area contributed by atoms with Crippen molar-refractivity contribution >= 4 is 11.6 Å². The Hall–Kier alpha value is -2.53. The number of carbonyl (C=O) groups excluding carboxylic acids is 1. The van der Waals surface area contributed by atoms with Crippen molar-refractivity contribution in [2.75, 3.05) is 51.3 Å². The predicted octanol–water partition coefficient (Wildman–Crippen LogP) is 3.50. The number of hydrogen-bond donors (Lipinski definition) is 0. The summed E-state index contributed by atoms with van der Waals surface area (Å²) in [5.41, 5.74) is 3.12. The van der Waals surface area contributed by atoms with Crippen LogP contribution in [0, 0.1) is 0 Å². The SMILES string of the molecule is CCN(CC)Cc1ccc(C(=O)N2CCN(c3ccccc3OC)CC2)cc1. The predicted molar refractivity (Wildman–Crippen MR) is 114 cm³/mol. The summed E-state index contributed by atoms with van der Waals surface area (Å²) in [6.45, 7) is 10.4. The van der Waals surface area contributed by atoms with Crippen LogP contribution in [0.1, 0.15) is 29.8 Å². The van der Waals surface area contributed by atoms with Crippen molar-refractivity contribution < 1.29 is 9.53 Å². The van der Waals surface area contributed by atoms with Gasteiger partial charge >= 0.3 is 0 Å². The van der Waals surface area contributed by atoms with Crippen molar-refractivity contribution in [3.63, 3.8) is 0 Å². The van der Waals surface area contributed by atoms with Crippen molar-refractivity contribution in [2.24, 2.45) is 0 Å². The second-order valence-electron chi connectivity index (χ2n) is 7.11. The van der Waals surface area contributed by atoms with Crippen molar-refractivity contribution in [3.05, 3.63) is 59.7 Å². The highest BCUT2D eigenvalue weighted by molar-refractivity contribution is 5.94. The molecule has 5 heteroatoms. The molecule has 1 aliphatic rings. The molecule has 1 fully saturated rings. The number of nitrogens with zero attached hydrogens (tertiary/aromatic N) is 3. The highest BCUT2D eigenvalue weighted by atomic mass is 16.5. The van der Waals surface area contributed by atoms with Crippen LogP contribution in [-0.4, -0.2) is 62.1 Å². The molecule has 1 saturated heterocycles. The van der Waals surface area contributed by atoms with Gasteiger partial charge in [0.25, 0.3) is 5.91 Å². The lowest BCUT2D eigenvalue weighted by Crippen LogP contribution is -2.48. The van der Waals surface area contributed by atoms with E-state index in [0.717, 1.165) is 62.8 Å². The van der Waals surface area contributed by atoms with Crippen LogP contribution >= 0.6 is 0 Å². The van der Waals surface area contributed by atoms with Crippen LogP contribution in [0.3, 0.4) is 0 Å². The Morgan fingerprint density at radius 3 is 2.21 bits per heavy atom. The number of carbonyl (C=O) groups is 1. The van der Waals surface area contributed by atoms with E-state index in [1.807, 2.05) is 35.2 Å². The lowest BCUT2D eigenvalue weighted by atomic mass is 10.1. The zero-order chi connectivity index (χ0) is 19.9. The van der Waals surface area contributed by atoms with Crippen LogP contribution in [0.5, 0.6) is 5.75 Å². The fourth-order valence-electron chi connectivity index (χ4n) is 3.68. The van der Waals surface area contributed by atoms with Gasteiger partial charge in [-0.3, -0.25) is 9.69 Å². The Morgan fingerprint density at radius 1 is 0.964 bits per heavy atom. The van der Waals surface area contributed by atoms with E-state index in [1.165, 1.54) is 5.56 Å². The molecule has 0 unspecified atom stereocenters. The van der Waals surface area contributed by atoms with Crippen molar-refractivity contribution in [1.82, 2.24) is 9.80 Å².